The van der Waals surface area contributed by atoms with Crippen molar-refractivity contribution in [2.45, 2.75) is 32.4 Å². The number of amides is 3. The average Bonchev–Trinajstić information content (AvgIpc) is 2.48. The minimum Gasteiger partial charge on any atom is -0.480 e. The number of rotatable bonds is 10. The van der Waals surface area contributed by atoms with Gasteiger partial charge in [-0.25, -0.2) is 0 Å². The van der Waals surface area contributed by atoms with E-state index < -0.39 is 55.5 Å². The van der Waals surface area contributed by atoms with Gasteiger partial charge in [-0.1, -0.05) is 13.8 Å². The Labute approximate surface area is 133 Å². The second-order valence-corrected chi connectivity index (χ2v) is 5.37. The SMILES string of the molecule is CC(C)C[C@H](NC(=O)CNC(=O)[C@@H](N)CO)C(=O)NCC(=O)O. The zero-order valence-corrected chi connectivity index (χ0v) is 13.2. The molecule has 7 N–H and O–H groups in total. The minimum absolute atomic E-state index is 0.0771. The summed E-state index contributed by atoms with van der Waals surface area (Å²) < 4.78 is 0. The molecular formula is C13H24N4O6. The number of nitrogens with two attached hydrogens (primary N) is 1. The summed E-state index contributed by atoms with van der Waals surface area (Å²) in [5.74, 6) is -3.06. The summed E-state index contributed by atoms with van der Waals surface area (Å²) in [6.07, 6.45) is 0.307. The van der Waals surface area contributed by atoms with Gasteiger partial charge in [-0.3, -0.25) is 19.2 Å². The maximum atomic E-state index is 11.9. The summed E-state index contributed by atoms with van der Waals surface area (Å²) in [4.78, 5) is 45.4. The molecule has 0 aromatic heterocycles. The molecule has 0 saturated carbocycles. The first-order valence-electron chi connectivity index (χ1n) is 7.10. The van der Waals surface area contributed by atoms with Crippen molar-refractivity contribution < 1.29 is 29.4 Å². The number of carboxylic acid groups (broad SMARTS) is 1. The average molecular weight is 332 g/mol. The van der Waals surface area contributed by atoms with Crippen LogP contribution in [-0.4, -0.2) is 65.7 Å². The molecule has 0 aromatic rings. The monoisotopic (exact) mass is 332 g/mol. The minimum atomic E-state index is -1.20. The van der Waals surface area contributed by atoms with Crippen LogP contribution in [0.2, 0.25) is 0 Å². The van der Waals surface area contributed by atoms with Crippen LogP contribution in [0.25, 0.3) is 0 Å². The summed E-state index contributed by atoms with van der Waals surface area (Å²) in [6.45, 7) is 2.16. The molecule has 0 rings (SSSR count). The van der Waals surface area contributed by atoms with Crippen LogP contribution in [0.15, 0.2) is 0 Å². The molecule has 0 unspecified atom stereocenters. The zero-order chi connectivity index (χ0) is 18.0. The summed E-state index contributed by atoms with van der Waals surface area (Å²) in [6, 6.07) is -2.04. The molecule has 2 atom stereocenters. The molecule has 0 aliphatic carbocycles. The molecule has 0 bridgehead atoms. The van der Waals surface area contributed by atoms with Gasteiger partial charge in [-0.15, -0.1) is 0 Å². The highest BCUT2D eigenvalue weighted by Crippen LogP contribution is 2.04. The van der Waals surface area contributed by atoms with Crippen LogP contribution in [0.3, 0.4) is 0 Å². The van der Waals surface area contributed by atoms with Crippen molar-refractivity contribution in [1.29, 1.82) is 0 Å². The lowest BCUT2D eigenvalue weighted by Gasteiger charge is -2.20. The maximum Gasteiger partial charge on any atom is 0.322 e. The van der Waals surface area contributed by atoms with E-state index >= 15 is 0 Å². The topological polar surface area (TPSA) is 171 Å². The van der Waals surface area contributed by atoms with Crippen molar-refractivity contribution in [1.82, 2.24) is 16.0 Å². The van der Waals surface area contributed by atoms with Gasteiger partial charge in [-0.2, -0.15) is 0 Å². The van der Waals surface area contributed by atoms with Crippen molar-refractivity contribution in [3.8, 4) is 0 Å². The lowest BCUT2D eigenvalue weighted by molar-refractivity contribution is -0.138. The highest BCUT2D eigenvalue weighted by Gasteiger charge is 2.22. The van der Waals surface area contributed by atoms with Gasteiger partial charge in [0.1, 0.15) is 18.6 Å². The Morgan fingerprint density at radius 1 is 1.04 bits per heavy atom. The highest BCUT2D eigenvalue weighted by molar-refractivity contribution is 5.91. The van der Waals surface area contributed by atoms with Crippen molar-refractivity contribution in [3.63, 3.8) is 0 Å². The van der Waals surface area contributed by atoms with E-state index in [0.717, 1.165) is 0 Å². The van der Waals surface area contributed by atoms with E-state index in [2.05, 4.69) is 16.0 Å². The van der Waals surface area contributed by atoms with E-state index in [1.54, 1.807) is 0 Å². The van der Waals surface area contributed by atoms with E-state index in [-0.39, 0.29) is 5.92 Å². The molecule has 0 aliphatic rings. The first-order valence-corrected chi connectivity index (χ1v) is 7.10. The van der Waals surface area contributed by atoms with Gasteiger partial charge in [0.05, 0.1) is 13.2 Å². The van der Waals surface area contributed by atoms with Gasteiger partial charge in [0.25, 0.3) is 0 Å². The molecule has 0 heterocycles. The Morgan fingerprint density at radius 3 is 2.09 bits per heavy atom. The standard InChI is InChI=1S/C13H24N4O6/c1-7(2)3-9(13(23)16-5-11(20)21)17-10(19)4-15-12(22)8(14)6-18/h7-9,18H,3-6,14H2,1-2H3,(H,15,22)(H,16,23)(H,17,19)(H,20,21)/t8-,9-/m0/s1. The quantitative estimate of drug-likeness (QED) is 0.250. The second-order valence-electron chi connectivity index (χ2n) is 5.37. The molecule has 10 nitrogen and oxygen atoms in total. The first kappa shape index (κ1) is 20.8. The highest BCUT2D eigenvalue weighted by atomic mass is 16.4. The van der Waals surface area contributed by atoms with Crippen molar-refractivity contribution in [2.24, 2.45) is 11.7 Å². The van der Waals surface area contributed by atoms with Crippen LogP contribution in [0.5, 0.6) is 0 Å². The van der Waals surface area contributed by atoms with Gasteiger partial charge in [0.2, 0.25) is 17.7 Å². The summed E-state index contributed by atoms with van der Waals surface area (Å²) in [7, 11) is 0. The molecule has 132 valence electrons. The second kappa shape index (κ2) is 10.5. The van der Waals surface area contributed by atoms with Crippen LogP contribution in [0.4, 0.5) is 0 Å². The number of nitrogens with one attached hydrogen (secondary N) is 3. The molecular weight excluding hydrogens is 308 g/mol. The fourth-order valence-corrected chi connectivity index (χ4v) is 1.62. The fraction of sp³-hybridized carbons (Fsp3) is 0.692. The normalized spacial score (nSPS) is 13.1. The molecule has 0 spiro atoms. The van der Waals surface area contributed by atoms with E-state index in [1.165, 1.54) is 0 Å². The Kier molecular flexibility index (Phi) is 9.51. The van der Waals surface area contributed by atoms with Gasteiger partial charge in [0.15, 0.2) is 0 Å². The molecule has 0 aromatic carbocycles. The van der Waals surface area contributed by atoms with Crippen LogP contribution in [-0.2, 0) is 19.2 Å². The lowest BCUT2D eigenvalue weighted by Crippen LogP contribution is -2.52. The number of carboxylic acids is 1. The van der Waals surface area contributed by atoms with E-state index in [1.807, 2.05) is 13.8 Å². The Morgan fingerprint density at radius 2 is 1.61 bits per heavy atom. The third-order valence-electron chi connectivity index (χ3n) is 2.73. The third-order valence-corrected chi connectivity index (χ3v) is 2.73. The molecule has 0 aliphatic heterocycles. The predicted octanol–water partition coefficient (Wildman–Crippen LogP) is -2.85. The van der Waals surface area contributed by atoms with E-state index in [9.17, 15) is 19.2 Å². The van der Waals surface area contributed by atoms with Crippen LogP contribution in [0.1, 0.15) is 20.3 Å². The first-order chi connectivity index (χ1) is 10.7. The van der Waals surface area contributed by atoms with Crippen LogP contribution in [0, 0.1) is 5.92 Å². The number of aliphatic carboxylic acids is 1. The summed E-state index contributed by atoms with van der Waals surface area (Å²) >= 11 is 0. The van der Waals surface area contributed by atoms with Crippen molar-refractivity contribution >= 4 is 23.7 Å². The summed E-state index contributed by atoms with van der Waals surface area (Å²) in [5.41, 5.74) is 5.27. The number of aliphatic hydroxyl groups excluding tert-OH is 1. The molecule has 3 amide bonds. The molecule has 23 heavy (non-hydrogen) atoms. The smallest absolute Gasteiger partial charge is 0.322 e. The zero-order valence-electron chi connectivity index (χ0n) is 13.2. The van der Waals surface area contributed by atoms with Crippen molar-refractivity contribution in [3.05, 3.63) is 0 Å². The maximum absolute atomic E-state index is 11.9. The molecule has 0 fully saturated rings. The summed E-state index contributed by atoms with van der Waals surface area (Å²) in [5, 5.41) is 24.1. The fourth-order valence-electron chi connectivity index (χ4n) is 1.62. The molecule has 0 saturated heterocycles. The largest absolute Gasteiger partial charge is 0.480 e. The number of hydrogen-bond donors (Lipinski definition) is 6. The van der Waals surface area contributed by atoms with Crippen LogP contribution < -0.4 is 21.7 Å². The van der Waals surface area contributed by atoms with E-state index in [4.69, 9.17) is 15.9 Å². The van der Waals surface area contributed by atoms with Gasteiger partial charge >= 0.3 is 5.97 Å². The molecule has 0 radical (unpaired) electrons. The Balaban J connectivity index is 4.51. The third kappa shape index (κ3) is 9.42. The van der Waals surface area contributed by atoms with Crippen LogP contribution >= 0.6 is 0 Å². The van der Waals surface area contributed by atoms with Gasteiger partial charge < -0.3 is 31.9 Å². The van der Waals surface area contributed by atoms with Crippen molar-refractivity contribution in [2.75, 3.05) is 19.7 Å². The molecule has 10 heteroatoms. The number of hydrogen-bond acceptors (Lipinski definition) is 6. The van der Waals surface area contributed by atoms with Gasteiger partial charge in [-0.05, 0) is 12.3 Å². The predicted molar refractivity (Wildman–Crippen MR) is 80.1 cm³/mol. The number of carbonyl (C=O) groups is 4. The number of aliphatic hydroxyl groups is 1. The Hall–Kier alpha value is -2.20. The lowest BCUT2D eigenvalue weighted by atomic mass is 10.0. The Bertz CT molecular complexity index is 440. The van der Waals surface area contributed by atoms with E-state index in [0.29, 0.717) is 6.42 Å². The van der Waals surface area contributed by atoms with Gasteiger partial charge in [0, 0.05) is 0 Å². The number of carbonyl (C=O) groups excluding carboxylic acids is 3.